The zero-order valence-corrected chi connectivity index (χ0v) is 42.0. The number of aliphatic carboxylic acids is 3. The molecule has 0 aromatic rings. The largest absolute Gasteiger partial charge is 0.481 e. The number of aliphatic hydroxyl groups is 2. The summed E-state index contributed by atoms with van der Waals surface area (Å²) in [6.45, 7) is 7.51. The molecule has 10 heteroatoms. The zero-order valence-electron chi connectivity index (χ0n) is 42.0. The van der Waals surface area contributed by atoms with Crippen molar-refractivity contribution in [2.24, 2.45) is 0 Å². The molecule has 0 heterocycles. The summed E-state index contributed by atoms with van der Waals surface area (Å²) < 4.78 is 4.35. The summed E-state index contributed by atoms with van der Waals surface area (Å²) in [6.07, 6.45) is 50.9. The van der Waals surface area contributed by atoms with E-state index in [9.17, 15) is 19.2 Å². The molecule has 0 radical (unpaired) electrons. The molecule has 0 rings (SSSR count). The van der Waals surface area contributed by atoms with Crippen LogP contribution in [0.25, 0.3) is 0 Å². The predicted molar refractivity (Wildman–Crippen MR) is 264 cm³/mol. The molecule has 63 heavy (non-hydrogen) atoms. The van der Waals surface area contributed by atoms with Gasteiger partial charge in [0.25, 0.3) is 0 Å². The van der Waals surface area contributed by atoms with E-state index in [1.807, 2.05) is 0 Å². The van der Waals surface area contributed by atoms with Gasteiger partial charge < -0.3 is 30.3 Å². The molecular formula is C53H106O10. The number of hydrogen-bond donors (Lipinski definition) is 5. The Labute approximate surface area is 388 Å². The molecular weight excluding hydrogens is 797 g/mol. The lowest BCUT2D eigenvalue weighted by Crippen LogP contribution is -2.20. The molecule has 1 atom stereocenters. The normalized spacial score (nSPS) is 11.0. The average Bonchev–Trinajstić information content (AvgIpc) is 3.25. The number of carboxylic acid groups (broad SMARTS) is 3. The summed E-state index contributed by atoms with van der Waals surface area (Å²) in [4.78, 5) is 41.0. The van der Waals surface area contributed by atoms with Crippen LogP contribution in [0.2, 0.25) is 0 Å². The summed E-state index contributed by atoms with van der Waals surface area (Å²) in [5.74, 6) is -2.42. The standard InChI is InChI=1S/3C16H32O2.C5H10O4/c3*1-2-3-4-5-6-7-8-9-10-11-12-13-14-15-16(17)18;1-4(7)9-3-5(8)2-6/h3*2-15H2,1H3,(H,17,18);5-6,8H,2-3H2,1H3. The number of unbranched alkanes of at least 4 members (excludes halogenated alkanes) is 36. The van der Waals surface area contributed by atoms with Crippen LogP contribution in [0.3, 0.4) is 0 Å². The van der Waals surface area contributed by atoms with Crippen molar-refractivity contribution in [3.63, 3.8) is 0 Å². The SMILES string of the molecule is CC(=O)OCC(O)CO.CCCCCCCCCCCCCCCC(=O)O.CCCCCCCCCCCCCCCC(=O)O.CCCCCCCCCCCCCCCC(=O)O. The highest BCUT2D eigenvalue weighted by atomic mass is 16.5. The first-order valence-electron chi connectivity index (χ1n) is 26.6. The van der Waals surface area contributed by atoms with Gasteiger partial charge >= 0.3 is 23.9 Å². The van der Waals surface area contributed by atoms with Crippen LogP contribution in [0.1, 0.15) is 297 Å². The molecule has 1 unspecified atom stereocenters. The van der Waals surface area contributed by atoms with E-state index in [1.165, 1.54) is 219 Å². The maximum atomic E-state index is 10.3. The van der Waals surface area contributed by atoms with E-state index in [4.69, 9.17) is 25.5 Å². The first-order valence-corrected chi connectivity index (χ1v) is 26.6. The molecule has 0 saturated heterocycles. The summed E-state index contributed by atoms with van der Waals surface area (Å²) in [5, 5.41) is 42.3. The number of carbonyl (C=O) groups excluding carboxylic acids is 1. The Kier molecular flexibility index (Phi) is 66.2. The van der Waals surface area contributed by atoms with Crippen LogP contribution < -0.4 is 0 Å². The van der Waals surface area contributed by atoms with Crippen molar-refractivity contribution in [2.45, 2.75) is 303 Å². The Morgan fingerprint density at radius 1 is 0.349 bits per heavy atom. The Morgan fingerprint density at radius 3 is 0.667 bits per heavy atom. The molecule has 0 bridgehead atoms. The maximum Gasteiger partial charge on any atom is 0.303 e. The van der Waals surface area contributed by atoms with Crippen molar-refractivity contribution in [3.8, 4) is 0 Å². The van der Waals surface area contributed by atoms with Gasteiger partial charge in [-0.25, -0.2) is 0 Å². The van der Waals surface area contributed by atoms with Crippen molar-refractivity contribution >= 4 is 23.9 Å². The fourth-order valence-electron chi connectivity index (χ4n) is 7.15. The third-order valence-electron chi connectivity index (χ3n) is 11.2. The van der Waals surface area contributed by atoms with Gasteiger partial charge in [0.1, 0.15) is 12.7 Å². The van der Waals surface area contributed by atoms with E-state index in [0.717, 1.165) is 38.5 Å². The van der Waals surface area contributed by atoms with Crippen molar-refractivity contribution in [2.75, 3.05) is 13.2 Å². The van der Waals surface area contributed by atoms with Gasteiger partial charge in [-0.2, -0.15) is 0 Å². The molecule has 5 N–H and O–H groups in total. The monoisotopic (exact) mass is 903 g/mol. The smallest absolute Gasteiger partial charge is 0.303 e. The first-order chi connectivity index (χ1) is 30.5. The molecule has 0 aromatic carbocycles. The molecule has 0 fully saturated rings. The van der Waals surface area contributed by atoms with Crippen LogP contribution in [-0.4, -0.2) is 68.7 Å². The summed E-state index contributed by atoms with van der Waals surface area (Å²) >= 11 is 0. The second-order valence-electron chi connectivity index (χ2n) is 17.8. The maximum absolute atomic E-state index is 10.3. The topological polar surface area (TPSA) is 179 Å². The molecule has 0 aliphatic rings. The summed E-state index contributed by atoms with van der Waals surface area (Å²) in [7, 11) is 0. The Bertz CT molecular complexity index is 817. The van der Waals surface area contributed by atoms with Gasteiger partial charge in [0.15, 0.2) is 0 Å². The van der Waals surface area contributed by atoms with E-state index in [1.54, 1.807) is 0 Å². The second kappa shape index (κ2) is 61.9. The van der Waals surface area contributed by atoms with E-state index in [2.05, 4.69) is 25.5 Å². The van der Waals surface area contributed by atoms with Crippen LogP contribution in [0.4, 0.5) is 0 Å². The minimum Gasteiger partial charge on any atom is -0.481 e. The number of aliphatic hydroxyl groups excluding tert-OH is 2. The number of carbonyl (C=O) groups is 4. The second-order valence-corrected chi connectivity index (χ2v) is 17.8. The number of hydrogen-bond acceptors (Lipinski definition) is 7. The van der Waals surface area contributed by atoms with Gasteiger partial charge in [-0.1, -0.05) is 252 Å². The van der Waals surface area contributed by atoms with Gasteiger partial charge in [0.05, 0.1) is 6.61 Å². The number of carboxylic acids is 3. The van der Waals surface area contributed by atoms with Crippen molar-refractivity contribution < 1.29 is 49.4 Å². The Hall–Kier alpha value is -2.20. The lowest BCUT2D eigenvalue weighted by Gasteiger charge is -2.05. The van der Waals surface area contributed by atoms with Gasteiger partial charge in [0, 0.05) is 26.2 Å². The minimum atomic E-state index is -0.950. The third-order valence-corrected chi connectivity index (χ3v) is 11.2. The molecule has 0 aromatic heterocycles. The predicted octanol–water partition coefficient (Wildman–Crippen LogP) is 15.6. The molecule has 378 valence electrons. The summed E-state index contributed by atoms with van der Waals surface area (Å²) in [5.41, 5.74) is 0. The molecule has 0 spiro atoms. The molecule has 0 aliphatic heterocycles. The quantitative estimate of drug-likeness (QED) is 0.0292. The molecule has 0 saturated carbocycles. The van der Waals surface area contributed by atoms with Gasteiger partial charge in [-0.05, 0) is 19.3 Å². The van der Waals surface area contributed by atoms with Crippen molar-refractivity contribution in [3.05, 3.63) is 0 Å². The molecule has 0 aliphatic carbocycles. The van der Waals surface area contributed by atoms with Crippen LogP contribution in [-0.2, 0) is 23.9 Å². The van der Waals surface area contributed by atoms with E-state index in [-0.39, 0.29) is 13.2 Å². The van der Waals surface area contributed by atoms with Gasteiger partial charge in [-0.3, -0.25) is 19.2 Å². The summed E-state index contributed by atoms with van der Waals surface area (Å²) in [6, 6.07) is 0. The zero-order chi connectivity index (χ0) is 47.7. The third kappa shape index (κ3) is 80.6. The van der Waals surface area contributed by atoms with Crippen molar-refractivity contribution in [1.82, 2.24) is 0 Å². The number of rotatable bonds is 45. The van der Waals surface area contributed by atoms with Gasteiger partial charge in [0.2, 0.25) is 0 Å². The van der Waals surface area contributed by atoms with E-state index in [0.29, 0.717) is 19.3 Å². The first kappa shape index (κ1) is 67.4. The fourth-order valence-corrected chi connectivity index (χ4v) is 7.15. The highest BCUT2D eigenvalue weighted by molar-refractivity contribution is 5.67. The fraction of sp³-hybridized carbons (Fsp3) is 0.925. The molecule has 0 amide bonds. The lowest BCUT2D eigenvalue weighted by atomic mass is 10.0. The van der Waals surface area contributed by atoms with Crippen LogP contribution in [0.15, 0.2) is 0 Å². The lowest BCUT2D eigenvalue weighted by molar-refractivity contribution is -0.144. The number of esters is 1. The van der Waals surface area contributed by atoms with Crippen LogP contribution in [0.5, 0.6) is 0 Å². The van der Waals surface area contributed by atoms with Crippen molar-refractivity contribution in [1.29, 1.82) is 0 Å². The Morgan fingerprint density at radius 2 is 0.524 bits per heavy atom. The van der Waals surface area contributed by atoms with Gasteiger partial charge in [-0.15, -0.1) is 0 Å². The Balaban J connectivity index is -0.000000378. The minimum absolute atomic E-state index is 0.133. The molecule has 10 nitrogen and oxygen atoms in total. The van der Waals surface area contributed by atoms with Crippen LogP contribution in [0, 0.1) is 0 Å². The number of ether oxygens (including phenoxy) is 1. The van der Waals surface area contributed by atoms with E-state index < -0.39 is 30.0 Å². The van der Waals surface area contributed by atoms with E-state index >= 15 is 0 Å². The highest BCUT2D eigenvalue weighted by Gasteiger charge is 2.03. The average molecular weight is 903 g/mol. The van der Waals surface area contributed by atoms with Crippen LogP contribution >= 0.6 is 0 Å². The highest BCUT2D eigenvalue weighted by Crippen LogP contribution is 2.15.